The fourth-order valence-electron chi connectivity index (χ4n) is 1.33. The Morgan fingerprint density at radius 2 is 2.50 bits per heavy atom. The molecule has 0 amide bonds. The summed E-state index contributed by atoms with van der Waals surface area (Å²) < 4.78 is 0. The highest BCUT2D eigenvalue weighted by molar-refractivity contribution is 7.99. The molecule has 0 N–H and O–H groups in total. The average molecular weight is 206 g/mol. The van der Waals surface area contributed by atoms with Gasteiger partial charge in [-0.15, -0.1) is 11.6 Å². The summed E-state index contributed by atoms with van der Waals surface area (Å²) in [7, 11) is 0. The van der Waals surface area contributed by atoms with Gasteiger partial charge in [0.2, 0.25) is 0 Å². The Morgan fingerprint density at radius 3 is 3.08 bits per heavy atom. The summed E-state index contributed by atoms with van der Waals surface area (Å²) in [6, 6.07) is 0.684. The van der Waals surface area contributed by atoms with Gasteiger partial charge in [0, 0.05) is 36.5 Å². The molecule has 0 radical (unpaired) electrons. The molecule has 1 atom stereocenters. The maximum Gasteiger partial charge on any atom is 0.0443 e. The predicted molar refractivity (Wildman–Crippen MR) is 58.2 cm³/mol. The van der Waals surface area contributed by atoms with Gasteiger partial charge in [-0.25, -0.2) is 0 Å². The van der Waals surface area contributed by atoms with Crippen molar-refractivity contribution >= 4 is 23.4 Å². The van der Waals surface area contributed by atoms with Gasteiger partial charge in [-0.2, -0.15) is 11.8 Å². The standard InChI is InChI=1S/C9H16ClNS/c1-8(5-10)6-11-3-4-12-7-9(11)2/h9H,1,3-7H2,2H3. The minimum absolute atomic E-state index is 0.594. The van der Waals surface area contributed by atoms with E-state index >= 15 is 0 Å². The molecule has 1 unspecified atom stereocenters. The van der Waals surface area contributed by atoms with Crippen molar-refractivity contribution in [2.45, 2.75) is 13.0 Å². The maximum atomic E-state index is 5.69. The fourth-order valence-corrected chi connectivity index (χ4v) is 2.49. The van der Waals surface area contributed by atoms with Gasteiger partial charge in [-0.3, -0.25) is 4.90 Å². The predicted octanol–water partition coefficient (Wildman–Crippen LogP) is 2.22. The molecule has 1 heterocycles. The number of thioether (sulfide) groups is 1. The lowest BCUT2D eigenvalue weighted by Crippen LogP contribution is -2.41. The van der Waals surface area contributed by atoms with E-state index < -0.39 is 0 Å². The van der Waals surface area contributed by atoms with Crippen LogP contribution in [0, 0.1) is 0 Å². The molecular formula is C9H16ClNS. The molecule has 1 saturated heterocycles. The maximum absolute atomic E-state index is 5.69. The number of hydrogen-bond donors (Lipinski definition) is 0. The van der Waals surface area contributed by atoms with E-state index in [1.807, 2.05) is 11.8 Å². The van der Waals surface area contributed by atoms with Gasteiger partial charge in [0.25, 0.3) is 0 Å². The number of halogens is 1. The Morgan fingerprint density at radius 1 is 1.75 bits per heavy atom. The van der Waals surface area contributed by atoms with Crippen LogP contribution in [0.5, 0.6) is 0 Å². The van der Waals surface area contributed by atoms with Gasteiger partial charge in [-0.05, 0) is 12.5 Å². The normalized spacial score (nSPS) is 25.7. The molecule has 3 heteroatoms. The van der Waals surface area contributed by atoms with Crippen LogP contribution in [0.3, 0.4) is 0 Å². The SMILES string of the molecule is C=C(CCl)CN1CCSCC1C. The molecule has 1 nitrogen and oxygen atoms in total. The third kappa shape index (κ3) is 3.00. The van der Waals surface area contributed by atoms with Crippen LogP contribution in [0.25, 0.3) is 0 Å². The fraction of sp³-hybridized carbons (Fsp3) is 0.778. The number of hydrogen-bond acceptors (Lipinski definition) is 2. The first-order valence-corrected chi connectivity index (χ1v) is 5.97. The van der Waals surface area contributed by atoms with E-state index in [-0.39, 0.29) is 0 Å². The Labute approximate surface area is 84.1 Å². The molecule has 1 aliphatic rings. The lowest BCUT2D eigenvalue weighted by atomic mass is 10.2. The van der Waals surface area contributed by atoms with Gasteiger partial charge in [0.1, 0.15) is 0 Å². The highest BCUT2D eigenvalue weighted by Gasteiger charge is 2.18. The van der Waals surface area contributed by atoms with E-state index in [0.717, 1.165) is 12.1 Å². The molecule has 0 aromatic carbocycles. The summed E-state index contributed by atoms with van der Waals surface area (Å²) in [4.78, 5) is 2.46. The molecule has 1 aliphatic heterocycles. The van der Waals surface area contributed by atoms with Crippen LogP contribution >= 0.6 is 23.4 Å². The Balaban J connectivity index is 2.33. The molecule has 70 valence electrons. The first kappa shape index (κ1) is 10.4. The zero-order valence-corrected chi connectivity index (χ0v) is 9.13. The van der Waals surface area contributed by atoms with Gasteiger partial charge in [0.15, 0.2) is 0 Å². The summed E-state index contributed by atoms with van der Waals surface area (Å²) in [6.07, 6.45) is 0. The number of alkyl halides is 1. The number of rotatable bonds is 3. The van der Waals surface area contributed by atoms with Crippen molar-refractivity contribution in [1.82, 2.24) is 4.90 Å². The second kappa shape index (κ2) is 5.15. The van der Waals surface area contributed by atoms with E-state index in [2.05, 4.69) is 18.4 Å². The van der Waals surface area contributed by atoms with Crippen LogP contribution in [-0.4, -0.2) is 41.4 Å². The van der Waals surface area contributed by atoms with Crippen LogP contribution in [0.4, 0.5) is 0 Å². The minimum Gasteiger partial charge on any atom is -0.295 e. The lowest BCUT2D eigenvalue weighted by Gasteiger charge is -2.33. The molecule has 12 heavy (non-hydrogen) atoms. The van der Waals surface area contributed by atoms with Gasteiger partial charge in [0.05, 0.1) is 0 Å². The first-order valence-electron chi connectivity index (χ1n) is 4.28. The van der Waals surface area contributed by atoms with Crippen molar-refractivity contribution in [3.63, 3.8) is 0 Å². The van der Waals surface area contributed by atoms with E-state index in [9.17, 15) is 0 Å². The zero-order valence-electron chi connectivity index (χ0n) is 7.55. The molecule has 0 aromatic rings. The summed E-state index contributed by atoms with van der Waals surface area (Å²) >= 11 is 7.72. The smallest absolute Gasteiger partial charge is 0.0443 e. The van der Waals surface area contributed by atoms with E-state index in [1.54, 1.807) is 0 Å². The lowest BCUT2D eigenvalue weighted by molar-refractivity contribution is 0.253. The average Bonchev–Trinajstić information content (AvgIpc) is 2.09. The van der Waals surface area contributed by atoms with Crippen molar-refractivity contribution in [1.29, 1.82) is 0 Å². The van der Waals surface area contributed by atoms with Crippen molar-refractivity contribution in [3.05, 3.63) is 12.2 Å². The minimum atomic E-state index is 0.594. The van der Waals surface area contributed by atoms with Crippen molar-refractivity contribution in [2.75, 3.05) is 30.5 Å². The zero-order chi connectivity index (χ0) is 8.97. The molecular weight excluding hydrogens is 190 g/mol. The third-order valence-electron chi connectivity index (χ3n) is 2.12. The van der Waals surface area contributed by atoms with E-state index in [4.69, 9.17) is 11.6 Å². The summed E-state index contributed by atoms with van der Waals surface area (Å²) in [5.41, 5.74) is 1.13. The highest BCUT2D eigenvalue weighted by atomic mass is 35.5. The van der Waals surface area contributed by atoms with Crippen molar-refractivity contribution in [3.8, 4) is 0 Å². The summed E-state index contributed by atoms with van der Waals surface area (Å²) in [6.45, 7) is 8.35. The van der Waals surface area contributed by atoms with Crippen molar-refractivity contribution < 1.29 is 0 Å². The molecule has 1 rings (SSSR count). The van der Waals surface area contributed by atoms with Gasteiger partial charge in [-0.1, -0.05) is 6.58 Å². The molecule has 1 fully saturated rings. The van der Waals surface area contributed by atoms with Crippen molar-refractivity contribution in [2.24, 2.45) is 0 Å². The molecule has 0 saturated carbocycles. The highest BCUT2D eigenvalue weighted by Crippen LogP contribution is 2.16. The molecule has 0 spiro atoms. The largest absolute Gasteiger partial charge is 0.295 e. The molecule has 0 aliphatic carbocycles. The second-order valence-corrected chi connectivity index (χ2v) is 4.70. The summed E-state index contributed by atoms with van der Waals surface area (Å²) in [5, 5.41) is 0. The molecule has 0 aromatic heterocycles. The van der Waals surface area contributed by atoms with E-state index in [0.29, 0.717) is 11.9 Å². The van der Waals surface area contributed by atoms with Crippen LogP contribution in [0.1, 0.15) is 6.92 Å². The third-order valence-corrected chi connectivity index (χ3v) is 3.69. The van der Waals surface area contributed by atoms with Crippen LogP contribution in [0.15, 0.2) is 12.2 Å². The van der Waals surface area contributed by atoms with Gasteiger partial charge >= 0.3 is 0 Å². The summed E-state index contributed by atoms with van der Waals surface area (Å²) in [5.74, 6) is 3.09. The number of nitrogens with zero attached hydrogens (tertiary/aromatic N) is 1. The Bertz CT molecular complexity index is 161. The Kier molecular flexibility index (Phi) is 4.47. The van der Waals surface area contributed by atoms with Crippen LogP contribution in [-0.2, 0) is 0 Å². The topological polar surface area (TPSA) is 3.24 Å². The van der Waals surface area contributed by atoms with Crippen LogP contribution in [0.2, 0.25) is 0 Å². The quantitative estimate of drug-likeness (QED) is 0.514. The molecule has 0 bridgehead atoms. The monoisotopic (exact) mass is 205 g/mol. The van der Waals surface area contributed by atoms with Gasteiger partial charge < -0.3 is 0 Å². The van der Waals surface area contributed by atoms with Crippen LogP contribution < -0.4 is 0 Å². The Hall–Kier alpha value is 0.340. The first-order chi connectivity index (χ1) is 5.74. The second-order valence-electron chi connectivity index (χ2n) is 3.28. The van der Waals surface area contributed by atoms with E-state index in [1.165, 1.54) is 18.1 Å².